The Balaban J connectivity index is 3.08. The fraction of sp³-hybridized carbons (Fsp3) is 0.455. The molecule has 0 fully saturated rings. The molecule has 5 nitrogen and oxygen atoms in total. The van der Waals surface area contributed by atoms with Crippen LogP contribution in [0.4, 0.5) is 11.4 Å². The summed E-state index contributed by atoms with van der Waals surface area (Å²) in [4.78, 5) is 12.3. The molecular weight excluding hydrogens is 335 g/mol. The number of hydrogen-bond donors (Lipinski definition) is 1. The number of hydrogen-bond acceptors (Lipinski definition) is 4. The highest BCUT2D eigenvalue weighted by atomic mass is 127. The van der Waals surface area contributed by atoms with Crippen molar-refractivity contribution in [1.82, 2.24) is 0 Å². The molecule has 1 aromatic carbocycles. The van der Waals surface area contributed by atoms with Crippen molar-refractivity contribution < 1.29 is 10.0 Å². The van der Waals surface area contributed by atoms with Crippen LogP contribution in [-0.4, -0.2) is 29.2 Å². The van der Waals surface area contributed by atoms with Gasteiger partial charge in [0, 0.05) is 28.3 Å². The van der Waals surface area contributed by atoms with Crippen LogP contribution in [0.3, 0.4) is 0 Å². The Hall–Kier alpha value is -0.890. The van der Waals surface area contributed by atoms with E-state index in [1.165, 1.54) is 6.07 Å². The van der Waals surface area contributed by atoms with E-state index in [9.17, 15) is 10.1 Å². The summed E-state index contributed by atoms with van der Waals surface area (Å²) in [7, 11) is 0. The van der Waals surface area contributed by atoms with Crippen LogP contribution in [0.15, 0.2) is 18.2 Å². The van der Waals surface area contributed by atoms with Gasteiger partial charge >= 0.3 is 0 Å². The third kappa shape index (κ3) is 3.53. The topological polar surface area (TPSA) is 66.6 Å². The molecule has 0 spiro atoms. The number of anilines is 1. The van der Waals surface area contributed by atoms with Gasteiger partial charge in [-0.3, -0.25) is 10.1 Å². The lowest BCUT2D eigenvalue weighted by Crippen LogP contribution is -2.33. The normalized spacial score (nSPS) is 10.6. The second-order valence-electron chi connectivity index (χ2n) is 3.90. The van der Waals surface area contributed by atoms with E-state index in [4.69, 9.17) is 5.11 Å². The van der Waals surface area contributed by atoms with Crippen molar-refractivity contribution in [2.45, 2.75) is 19.9 Å². The number of rotatable bonds is 5. The summed E-state index contributed by atoms with van der Waals surface area (Å²) in [5.41, 5.74) is 1.01. The van der Waals surface area contributed by atoms with Gasteiger partial charge in [-0.2, -0.15) is 0 Å². The van der Waals surface area contributed by atoms with Gasteiger partial charge in [0.2, 0.25) is 0 Å². The Bertz CT molecular complexity index is 410. The lowest BCUT2D eigenvalue weighted by Gasteiger charge is -2.29. The minimum atomic E-state index is -0.405. The molecule has 1 N–H and O–H groups in total. The molecular formula is C11H15IN2O3. The average molecular weight is 350 g/mol. The fourth-order valence-electron chi connectivity index (χ4n) is 1.61. The molecule has 1 rings (SSSR count). The van der Waals surface area contributed by atoms with Crippen molar-refractivity contribution >= 4 is 34.0 Å². The smallest absolute Gasteiger partial charge is 0.270 e. The molecule has 94 valence electrons. The van der Waals surface area contributed by atoms with E-state index in [0.717, 1.165) is 9.26 Å². The van der Waals surface area contributed by atoms with E-state index in [-0.39, 0.29) is 18.3 Å². The summed E-state index contributed by atoms with van der Waals surface area (Å²) in [6, 6.07) is 5.00. The second kappa shape index (κ2) is 6.15. The van der Waals surface area contributed by atoms with E-state index in [1.54, 1.807) is 12.1 Å². The molecule has 0 radical (unpaired) electrons. The van der Waals surface area contributed by atoms with Crippen LogP contribution in [0.5, 0.6) is 0 Å². The first-order valence-electron chi connectivity index (χ1n) is 5.28. The molecule has 0 aliphatic rings. The first-order chi connectivity index (χ1) is 7.97. The standard InChI is InChI=1S/C11H15IN2O3/c1-8(2)13(5-6-15)11-4-3-9(14(16)17)7-10(11)12/h3-4,7-8,15H,5-6H2,1-2H3. The minimum absolute atomic E-state index is 0.0608. The van der Waals surface area contributed by atoms with Crippen LogP contribution in [-0.2, 0) is 0 Å². The summed E-state index contributed by atoms with van der Waals surface area (Å²) >= 11 is 2.08. The minimum Gasteiger partial charge on any atom is -0.395 e. The Morgan fingerprint density at radius 2 is 2.18 bits per heavy atom. The lowest BCUT2D eigenvalue weighted by atomic mass is 10.2. The number of aliphatic hydroxyl groups is 1. The van der Waals surface area contributed by atoms with Crippen molar-refractivity contribution in [2.24, 2.45) is 0 Å². The van der Waals surface area contributed by atoms with Crippen LogP contribution in [0.2, 0.25) is 0 Å². The number of nitrogens with zero attached hydrogens (tertiary/aromatic N) is 2. The molecule has 0 aliphatic carbocycles. The van der Waals surface area contributed by atoms with Crippen LogP contribution in [0.1, 0.15) is 13.8 Å². The third-order valence-electron chi connectivity index (χ3n) is 2.42. The van der Waals surface area contributed by atoms with Gasteiger partial charge in [0.25, 0.3) is 5.69 Å². The SMILES string of the molecule is CC(C)N(CCO)c1ccc([N+](=O)[O-])cc1I. The maximum atomic E-state index is 10.6. The maximum Gasteiger partial charge on any atom is 0.270 e. The Morgan fingerprint density at radius 1 is 1.53 bits per heavy atom. The van der Waals surface area contributed by atoms with Crippen LogP contribution in [0.25, 0.3) is 0 Å². The summed E-state index contributed by atoms with van der Waals surface area (Å²) < 4.78 is 0.818. The Kier molecular flexibility index (Phi) is 5.13. The molecule has 0 saturated heterocycles. The molecule has 6 heteroatoms. The molecule has 0 aromatic heterocycles. The monoisotopic (exact) mass is 350 g/mol. The summed E-state index contributed by atoms with van der Waals surface area (Å²) in [6.07, 6.45) is 0. The van der Waals surface area contributed by atoms with Gasteiger partial charge in [-0.1, -0.05) is 0 Å². The number of benzene rings is 1. The van der Waals surface area contributed by atoms with Gasteiger partial charge in [0.05, 0.1) is 17.2 Å². The molecule has 0 unspecified atom stereocenters. The zero-order valence-corrected chi connectivity index (χ0v) is 11.9. The van der Waals surface area contributed by atoms with E-state index in [1.807, 2.05) is 18.7 Å². The van der Waals surface area contributed by atoms with Gasteiger partial charge in [-0.05, 0) is 42.5 Å². The average Bonchev–Trinajstić information content (AvgIpc) is 2.26. The van der Waals surface area contributed by atoms with Crippen molar-refractivity contribution in [3.63, 3.8) is 0 Å². The highest BCUT2D eigenvalue weighted by Crippen LogP contribution is 2.27. The molecule has 0 aliphatic heterocycles. The number of non-ortho nitro benzene ring substituents is 1. The first kappa shape index (κ1) is 14.2. The number of nitro benzene ring substituents is 1. The zero-order valence-electron chi connectivity index (χ0n) is 9.76. The fourth-order valence-corrected chi connectivity index (χ4v) is 2.42. The molecule has 0 atom stereocenters. The van der Waals surface area contributed by atoms with Crippen LogP contribution < -0.4 is 4.90 Å². The lowest BCUT2D eigenvalue weighted by molar-refractivity contribution is -0.384. The second-order valence-corrected chi connectivity index (χ2v) is 5.07. The van der Waals surface area contributed by atoms with Crippen molar-refractivity contribution in [3.05, 3.63) is 31.9 Å². The van der Waals surface area contributed by atoms with Gasteiger partial charge in [0.1, 0.15) is 0 Å². The van der Waals surface area contributed by atoms with Crippen molar-refractivity contribution in [3.8, 4) is 0 Å². The van der Waals surface area contributed by atoms with Gasteiger partial charge in [-0.15, -0.1) is 0 Å². The maximum absolute atomic E-state index is 10.6. The summed E-state index contributed by atoms with van der Waals surface area (Å²) in [5, 5.41) is 19.7. The predicted molar refractivity (Wildman–Crippen MR) is 75.4 cm³/mol. The third-order valence-corrected chi connectivity index (χ3v) is 3.28. The van der Waals surface area contributed by atoms with Crippen molar-refractivity contribution in [1.29, 1.82) is 0 Å². The van der Waals surface area contributed by atoms with E-state index >= 15 is 0 Å². The first-order valence-corrected chi connectivity index (χ1v) is 6.36. The highest BCUT2D eigenvalue weighted by molar-refractivity contribution is 14.1. The molecule has 0 bridgehead atoms. The molecule has 17 heavy (non-hydrogen) atoms. The van der Waals surface area contributed by atoms with Crippen LogP contribution in [0, 0.1) is 13.7 Å². The predicted octanol–water partition coefficient (Wildman–Crippen LogP) is 2.41. The quantitative estimate of drug-likeness (QED) is 0.503. The highest BCUT2D eigenvalue weighted by Gasteiger charge is 2.16. The number of nitro groups is 1. The molecule has 1 aromatic rings. The van der Waals surface area contributed by atoms with Crippen LogP contribution >= 0.6 is 22.6 Å². The van der Waals surface area contributed by atoms with E-state index < -0.39 is 4.92 Å². The molecule has 0 saturated carbocycles. The van der Waals surface area contributed by atoms with E-state index in [2.05, 4.69) is 22.6 Å². The van der Waals surface area contributed by atoms with Gasteiger partial charge in [-0.25, -0.2) is 0 Å². The van der Waals surface area contributed by atoms with Gasteiger partial charge in [0.15, 0.2) is 0 Å². The molecule has 0 amide bonds. The summed E-state index contributed by atoms with van der Waals surface area (Å²) in [6.45, 7) is 4.62. The zero-order chi connectivity index (χ0) is 13.0. The van der Waals surface area contributed by atoms with E-state index in [0.29, 0.717) is 6.54 Å². The number of aliphatic hydroxyl groups excluding tert-OH is 1. The molecule has 0 heterocycles. The Labute approximate surface area is 114 Å². The van der Waals surface area contributed by atoms with Gasteiger partial charge < -0.3 is 10.0 Å². The number of halogens is 1. The largest absolute Gasteiger partial charge is 0.395 e. The Morgan fingerprint density at radius 3 is 2.59 bits per heavy atom. The van der Waals surface area contributed by atoms with Crippen molar-refractivity contribution in [2.75, 3.05) is 18.1 Å². The summed E-state index contributed by atoms with van der Waals surface area (Å²) in [5.74, 6) is 0.